The van der Waals surface area contributed by atoms with Crippen molar-refractivity contribution >= 4 is 5.91 Å². The lowest BCUT2D eigenvalue weighted by Crippen LogP contribution is -2.38. The highest BCUT2D eigenvalue weighted by atomic mass is 19.1. The van der Waals surface area contributed by atoms with E-state index in [1.165, 1.54) is 0 Å². The standard InChI is InChI=1S/C17H20FN3O2/c18-12-16-13-20(8-4-10-23-16)17(22)11-14-7-9-21(19-14)15-5-2-1-3-6-15/h1-3,5-7,9,16H,4,8,10-13H2. The topological polar surface area (TPSA) is 47.4 Å². The predicted octanol–water partition coefficient (Wildman–Crippen LogP) is 2.00. The van der Waals surface area contributed by atoms with Crippen molar-refractivity contribution in [3.05, 3.63) is 48.3 Å². The number of aromatic nitrogens is 2. The number of para-hydroxylation sites is 1. The molecule has 1 amide bonds. The van der Waals surface area contributed by atoms with E-state index in [0.29, 0.717) is 25.4 Å². The molecule has 2 aromatic rings. The smallest absolute Gasteiger partial charge is 0.228 e. The molecule has 1 saturated heterocycles. The summed E-state index contributed by atoms with van der Waals surface area (Å²) in [6.07, 6.45) is 2.29. The van der Waals surface area contributed by atoms with Gasteiger partial charge in [0.2, 0.25) is 5.91 Å². The van der Waals surface area contributed by atoms with E-state index in [9.17, 15) is 9.18 Å². The van der Waals surface area contributed by atoms with Crippen molar-refractivity contribution < 1.29 is 13.9 Å². The van der Waals surface area contributed by atoms with E-state index in [0.717, 1.165) is 12.1 Å². The molecule has 0 saturated carbocycles. The van der Waals surface area contributed by atoms with Gasteiger partial charge in [-0.25, -0.2) is 9.07 Å². The minimum Gasteiger partial charge on any atom is -0.374 e. The Hall–Kier alpha value is -2.21. The van der Waals surface area contributed by atoms with Crippen molar-refractivity contribution in [3.63, 3.8) is 0 Å². The number of amides is 1. The van der Waals surface area contributed by atoms with Gasteiger partial charge in [0.05, 0.1) is 17.8 Å². The monoisotopic (exact) mass is 317 g/mol. The molecular formula is C17H20FN3O2. The van der Waals surface area contributed by atoms with Crippen LogP contribution in [0.2, 0.25) is 0 Å². The molecule has 2 heterocycles. The number of nitrogens with zero attached hydrogens (tertiary/aromatic N) is 3. The third kappa shape index (κ3) is 3.96. The van der Waals surface area contributed by atoms with Crippen LogP contribution in [0, 0.1) is 0 Å². The zero-order valence-electron chi connectivity index (χ0n) is 12.9. The number of carbonyl (C=O) groups is 1. The Labute approximate surface area is 134 Å². The Balaban J connectivity index is 1.65. The Morgan fingerprint density at radius 1 is 1.30 bits per heavy atom. The molecule has 122 valence electrons. The first kappa shape index (κ1) is 15.7. The summed E-state index contributed by atoms with van der Waals surface area (Å²) in [4.78, 5) is 14.1. The number of ether oxygens (including phenoxy) is 1. The van der Waals surface area contributed by atoms with Crippen molar-refractivity contribution in [3.8, 4) is 5.69 Å². The van der Waals surface area contributed by atoms with Gasteiger partial charge in [0, 0.05) is 25.9 Å². The van der Waals surface area contributed by atoms with E-state index >= 15 is 0 Å². The number of benzene rings is 1. The summed E-state index contributed by atoms with van der Waals surface area (Å²) in [6, 6.07) is 11.6. The van der Waals surface area contributed by atoms with Crippen molar-refractivity contribution in [2.45, 2.75) is 18.9 Å². The van der Waals surface area contributed by atoms with Crippen LogP contribution in [0.1, 0.15) is 12.1 Å². The van der Waals surface area contributed by atoms with Crippen molar-refractivity contribution in [1.82, 2.24) is 14.7 Å². The lowest BCUT2D eigenvalue weighted by molar-refractivity contribution is -0.131. The summed E-state index contributed by atoms with van der Waals surface area (Å²) in [5.74, 6) is -0.0349. The minimum absolute atomic E-state index is 0.0349. The fraction of sp³-hybridized carbons (Fsp3) is 0.412. The van der Waals surface area contributed by atoms with E-state index < -0.39 is 12.8 Å². The summed E-state index contributed by atoms with van der Waals surface area (Å²) in [7, 11) is 0. The lowest BCUT2D eigenvalue weighted by atomic mass is 10.2. The van der Waals surface area contributed by atoms with Crippen LogP contribution in [-0.4, -0.2) is 53.1 Å². The summed E-state index contributed by atoms with van der Waals surface area (Å²) >= 11 is 0. The average molecular weight is 317 g/mol. The Morgan fingerprint density at radius 2 is 2.13 bits per heavy atom. The molecule has 0 aliphatic carbocycles. The molecule has 0 spiro atoms. The molecule has 5 nitrogen and oxygen atoms in total. The number of hydrogen-bond donors (Lipinski definition) is 0. The van der Waals surface area contributed by atoms with Gasteiger partial charge < -0.3 is 9.64 Å². The first-order valence-corrected chi connectivity index (χ1v) is 7.81. The normalized spacial score (nSPS) is 18.7. The van der Waals surface area contributed by atoms with Crippen LogP contribution in [0.25, 0.3) is 5.69 Å². The maximum absolute atomic E-state index is 12.8. The SMILES string of the molecule is O=C(Cc1ccn(-c2ccccc2)n1)N1CCCOC(CF)C1. The highest BCUT2D eigenvalue weighted by molar-refractivity contribution is 5.78. The Kier molecular flexibility index (Phi) is 5.02. The number of rotatable bonds is 4. The number of halogens is 1. The van der Waals surface area contributed by atoms with Crippen molar-refractivity contribution in [2.24, 2.45) is 0 Å². The molecule has 1 aliphatic heterocycles. The van der Waals surface area contributed by atoms with Crippen LogP contribution in [0.4, 0.5) is 4.39 Å². The molecule has 1 aromatic carbocycles. The summed E-state index contributed by atoms with van der Waals surface area (Å²) in [5, 5.41) is 4.44. The third-order valence-corrected chi connectivity index (χ3v) is 3.87. The summed E-state index contributed by atoms with van der Waals surface area (Å²) in [6.45, 7) is 0.858. The minimum atomic E-state index is -0.563. The molecule has 0 radical (unpaired) electrons. The molecule has 1 atom stereocenters. The number of carbonyl (C=O) groups excluding carboxylic acids is 1. The molecule has 23 heavy (non-hydrogen) atoms. The van der Waals surface area contributed by atoms with E-state index in [-0.39, 0.29) is 12.3 Å². The molecule has 1 aromatic heterocycles. The van der Waals surface area contributed by atoms with Crippen LogP contribution >= 0.6 is 0 Å². The van der Waals surface area contributed by atoms with Crippen molar-refractivity contribution in [1.29, 1.82) is 0 Å². The van der Waals surface area contributed by atoms with Gasteiger partial charge in [0.25, 0.3) is 0 Å². The van der Waals surface area contributed by atoms with Gasteiger partial charge in [0.1, 0.15) is 12.8 Å². The average Bonchev–Trinajstić information content (AvgIpc) is 2.91. The molecule has 0 bridgehead atoms. The van der Waals surface area contributed by atoms with Gasteiger partial charge in [-0.3, -0.25) is 4.79 Å². The van der Waals surface area contributed by atoms with Gasteiger partial charge in [-0.2, -0.15) is 5.10 Å². The fourth-order valence-corrected chi connectivity index (χ4v) is 2.66. The summed E-state index contributed by atoms with van der Waals surface area (Å²) < 4.78 is 19.9. The Morgan fingerprint density at radius 3 is 2.91 bits per heavy atom. The second kappa shape index (κ2) is 7.37. The molecule has 6 heteroatoms. The maximum Gasteiger partial charge on any atom is 0.228 e. The van der Waals surface area contributed by atoms with Gasteiger partial charge >= 0.3 is 0 Å². The first-order valence-electron chi connectivity index (χ1n) is 7.81. The van der Waals surface area contributed by atoms with Crippen molar-refractivity contribution in [2.75, 3.05) is 26.4 Å². The third-order valence-electron chi connectivity index (χ3n) is 3.87. The Bertz CT molecular complexity index is 644. The number of alkyl halides is 1. The van der Waals surface area contributed by atoms with E-state index in [1.54, 1.807) is 9.58 Å². The van der Waals surface area contributed by atoms with Gasteiger partial charge in [0.15, 0.2) is 0 Å². The van der Waals surface area contributed by atoms with Crippen LogP contribution < -0.4 is 0 Å². The van der Waals surface area contributed by atoms with Crippen LogP contribution in [0.15, 0.2) is 42.6 Å². The number of hydrogen-bond acceptors (Lipinski definition) is 3. The highest BCUT2D eigenvalue weighted by Gasteiger charge is 2.23. The maximum atomic E-state index is 12.8. The largest absolute Gasteiger partial charge is 0.374 e. The molecule has 1 fully saturated rings. The van der Waals surface area contributed by atoms with Gasteiger partial charge in [-0.15, -0.1) is 0 Å². The van der Waals surface area contributed by atoms with Crippen LogP contribution in [0.5, 0.6) is 0 Å². The fourth-order valence-electron chi connectivity index (χ4n) is 2.66. The molecule has 3 rings (SSSR count). The quantitative estimate of drug-likeness (QED) is 0.866. The second-order valence-electron chi connectivity index (χ2n) is 5.60. The predicted molar refractivity (Wildman–Crippen MR) is 84.2 cm³/mol. The van der Waals surface area contributed by atoms with E-state index in [1.807, 2.05) is 42.6 Å². The molecule has 1 aliphatic rings. The van der Waals surface area contributed by atoms with Crippen LogP contribution in [-0.2, 0) is 16.0 Å². The van der Waals surface area contributed by atoms with Gasteiger partial charge in [-0.1, -0.05) is 18.2 Å². The molecule has 1 unspecified atom stereocenters. The lowest BCUT2D eigenvalue weighted by Gasteiger charge is -2.22. The zero-order chi connectivity index (χ0) is 16.1. The van der Waals surface area contributed by atoms with Gasteiger partial charge in [-0.05, 0) is 24.6 Å². The highest BCUT2D eigenvalue weighted by Crippen LogP contribution is 2.11. The first-order chi connectivity index (χ1) is 11.3. The second-order valence-corrected chi connectivity index (χ2v) is 5.60. The van der Waals surface area contributed by atoms with E-state index in [2.05, 4.69) is 5.10 Å². The summed E-state index contributed by atoms with van der Waals surface area (Å²) in [5.41, 5.74) is 1.66. The molecular weight excluding hydrogens is 297 g/mol. The zero-order valence-corrected chi connectivity index (χ0v) is 12.9. The molecule has 0 N–H and O–H groups in total. The van der Waals surface area contributed by atoms with E-state index in [4.69, 9.17) is 4.74 Å². The van der Waals surface area contributed by atoms with Crippen LogP contribution in [0.3, 0.4) is 0 Å².